The topological polar surface area (TPSA) is 112 Å². The van der Waals surface area contributed by atoms with Crippen LogP contribution in [0.5, 0.6) is 0 Å². The van der Waals surface area contributed by atoms with Gasteiger partial charge in [0.1, 0.15) is 0 Å². The van der Waals surface area contributed by atoms with Gasteiger partial charge in [-0.25, -0.2) is 16.8 Å². The molecule has 0 radical (unpaired) electrons. The van der Waals surface area contributed by atoms with Crippen molar-refractivity contribution in [2.45, 2.75) is 11.7 Å². The lowest BCUT2D eigenvalue weighted by Crippen LogP contribution is -2.42. The first-order chi connectivity index (χ1) is 7.83. The second-order valence-electron chi connectivity index (χ2n) is 3.92. The standard InChI is InChI=1S/C8H17NO6S2/c10-4-2-9(3-5-11)17(14,15)8-1-6-16(12,13)7-8/h8,10-11H,1-7H2/t8-/m0/s1. The largest absolute Gasteiger partial charge is 0.395 e. The summed E-state index contributed by atoms with van der Waals surface area (Å²) in [6.45, 7) is -0.976. The normalized spacial score (nSPS) is 24.3. The van der Waals surface area contributed by atoms with Crippen molar-refractivity contribution in [2.24, 2.45) is 0 Å². The Morgan fingerprint density at radius 1 is 1.18 bits per heavy atom. The van der Waals surface area contributed by atoms with Crippen LogP contribution in [0.25, 0.3) is 0 Å². The molecule has 9 heteroatoms. The molecule has 0 bridgehead atoms. The molecule has 1 atom stereocenters. The Morgan fingerprint density at radius 3 is 2.06 bits per heavy atom. The summed E-state index contributed by atoms with van der Waals surface area (Å²) in [5.74, 6) is -0.494. The van der Waals surface area contributed by atoms with Crippen LogP contribution < -0.4 is 0 Å². The van der Waals surface area contributed by atoms with Gasteiger partial charge in [-0.05, 0) is 6.42 Å². The van der Waals surface area contributed by atoms with Crippen molar-refractivity contribution < 1.29 is 27.0 Å². The van der Waals surface area contributed by atoms with Crippen molar-refractivity contribution in [1.29, 1.82) is 0 Å². The quantitative estimate of drug-likeness (QED) is 0.573. The molecule has 1 aliphatic rings. The predicted molar refractivity (Wildman–Crippen MR) is 61.7 cm³/mol. The minimum Gasteiger partial charge on any atom is -0.395 e. The van der Waals surface area contributed by atoms with Crippen LogP contribution in [0.15, 0.2) is 0 Å². The van der Waals surface area contributed by atoms with E-state index in [1.807, 2.05) is 0 Å². The summed E-state index contributed by atoms with van der Waals surface area (Å²) < 4.78 is 47.5. The SMILES string of the molecule is O=S1(=O)CC[C@H](S(=O)(=O)N(CCO)CCO)C1. The average molecular weight is 287 g/mol. The summed E-state index contributed by atoms with van der Waals surface area (Å²) in [5, 5.41) is 16.6. The maximum atomic E-state index is 12.0. The minimum atomic E-state index is -3.76. The van der Waals surface area contributed by atoms with Gasteiger partial charge in [-0.15, -0.1) is 0 Å². The molecule has 0 unspecified atom stereocenters. The molecular formula is C8H17NO6S2. The third-order valence-electron chi connectivity index (χ3n) is 2.67. The number of rotatable bonds is 6. The van der Waals surface area contributed by atoms with Crippen molar-refractivity contribution in [3.8, 4) is 0 Å². The van der Waals surface area contributed by atoms with Crippen LogP contribution in [0, 0.1) is 0 Å². The fourth-order valence-corrected chi connectivity index (χ4v) is 6.31. The first-order valence-corrected chi connectivity index (χ1v) is 8.57. The van der Waals surface area contributed by atoms with Crippen LogP contribution in [-0.2, 0) is 19.9 Å². The zero-order chi connectivity index (χ0) is 13.1. The molecule has 0 aromatic carbocycles. The van der Waals surface area contributed by atoms with Gasteiger partial charge >= 0.3 is 0 Å². The molecule has 2 N–H and O–H groups in total. The van der Waals surface area contributed by atoms with Crippen molar-refractivity contribution >= 4 is 19.9 Å². The molecule has 1 saturated heterocycles. The van der Waals surface area contributed by atoms with E-state index >= 15 is 0 Å². The van der Waals surface area contributed by atoms with Gasteiger partial charge in [0.2, 0.25) is 10.0 Å². The van der Waals surface area contributed by atoms with E-state index in [0.717, 1.165) is 4.31 Å². The molecule has 0 aromatic heterocycles. The molecule has 0 amide bonds. The number of hydrogen-bond acceptors (Lipinski definition) is 6. The highest BCUT2D eigenvalue weighted by atomic mass is 32.2. The van der Waals surface area contributed by atoms with Gasteiger partial charge in [-0.3, -0.25) is 0 Å². The summed E-state index contributed by atoms with van der Waals surface area (Å²) in [5.41, 5.74) is 0. The van der Waals surface area contributed by atoms with Crippen LogP contribution in [0.3, 0.4) is 0 Å². The van der Waals surface area contributed by atoms with Crippen molar-refractivity contribution in [3.63, 3.8) is 0 Å². The first-order valence-electron chi connectivity index (χ1n) is 5.24. The Bertz CT molecular complexity index is 437. The fraction of sp³-hybridized carbons (Fsp3) is 1.00. The van der Waals surface area contributed by atoms with Gasteiger partial charge in [0.15, 0.2) is 9.84 Å². The van der Waals surface area contributed by atoms with Crippen LogP contribution >= 0.6 is 0 Å². The van der Waals surface area contributed by atoms with E-state index in [1.165, 1.54) is 0 Å². The second kappa shape index (κ2) is 5.61. The van der Waals surface area contributed by atoms with Crippen molar-refractivity contribution in [2.75, 3.05) is 37.8 Å². The molecule has 17 heavy (non-hydrogen) atoms. The van der Waals surface area contributed by atoms with Crippen LogP contribution in [0.4, 0.5) is 0 Å². The van der Waals surface area contributed by atoms with Crippen LogP contribution in [-0.4, -0.2) is 74.4 Å². The Kier molecular flexibility index (Phi) is 4.90. The third-order valence-corrected chi connectivity index (χ3v) is 6.98. The average Bonchev–Trinajstić information content (AvgIpc) is 2.59. The lowest BCUT2D eigenvalue weighted by atomic mass is 10.4. The van der Waals surface area contributed by atoms with Gasteiger partial charge in [-0.1, -0.05) is 0 Å². The summed E-state index contributed by atoms with van der Waals surface area (Å²) in [6, 6.07) is 0. The molecule has 0 spiro atoms. The summed E-state index contributed by atoms with van der Waals surface area (Å²) in [4.78, 5) is 0. The molecule has 1 rings (SSSR count). The van der Waals surface area contributed by atoms with Gasteiger partial charge in [0.05, 0.1) is 30.0 Å². The van der Waals surface area contributed by atoms with Gasteiger partial charge in [-0.2, -0.15) is 4.31 Å². The number of sulfone groups is 1. The number of nitrogens with zero attached hydrogens (tertiary/aromatic N) is 1. The van der Waals surface area contributed by atoms with Gasteiger partial charge < -0.3 is 10.2 Å². The van der Waals surface area contributed by atoms with Crippen molar-refractivity contribution in [3.05, 3.63) is 0 Å². The highest BCUT2D eigenvalue weighted by molar-refractivity contribution is 7.95. The molecule has 1 fully saturated rings. The number of hydrogen-bond donors (Lipinski definition) is 2. The molecular weight excluding hydrogens is 270 g/mol. The minimum absolute atomic E-state index is 0.0814. The number of aliphatic hydroxyl groups is 2. The molecule has 1 aliphatic heterocycles. The van der Waals surface area contributed by atoms with E-state index in [0.29, 0.717) is 0 Å². The molecule has 0 aliphatic carbocycles. The van der Waals surface area contributed by atoms with E-state index in [1.54, 1.807) is 0 Å². The highest BCUT2D eigenvalue weighted by Gasteiger charge is 2.40. The molecule has 1 heterocycles. The maximum Gasteiger partial charge on any atom is 0.218 e. The van der Waals surface area contributed by atoms with Crippen molar-refractivity contribution in [1.82, 2.24) is 4.31 Å². The summed E-state index contributed by atoms with van der Waals surface area (Å²) in [6.07, 6.45) is 0.0814. The number of aliphatic hydroxyl groups excluding tert-OH is 2. The van der Waals surface area contributed by atoms with E-state index in [9.17, 15) is 16.8 Å². The maximum absolute atomic E-state index is 12.0. The zero-order valence-corrected chi connectivity index (χ0v) is 11.0. The molecule has 7 nitrogen and oxygen atoms in total. The van der Waals surface area contributed by atoms with Gasteiger partial charge in [0.25, 0.3) is 0 Å². The first kappa shape index (κ1) is 14.8. The number of sulfonamides is 1. The lowest BCUT2D eigenvalue weighted by Gasteiger charge is -2.23. The Labute approximate surface area is 101 Å². The summed E-state index contributed by atoms with van der Waals surface area (Å²) in [7, 11) is -7.03. The second-order valence-corrected chi connectivity index (χ2v) is 8.36. The van der Waals surface area contributed by atoms with E-state index < -0.39 is 25.1 Å². The van der Waals surface area contributed by atoms with E-state index in [2.05, 4.69) is 0 Å². The zero-order valence-electron chi connectivity index (χ0n) is 9.32. The van der Waals surface area contributed by atoms with Crippen LogP contribution in [0.1, 0.15) is 6.42 Å². The third kappa shape index (κ3) is 3.62. The molecule has 102 valence electrons. The van der Waals surface area contributed by atoms with Gasteiger partial charge in [0, 0.05) is 13.1 Å². The van der Waals surface area contributed by atoms with E-state index in [4.69, 9.17) is 10.2 Å². The predicted octanol–water partition coefficient (Wildman–Crippen LogP) is -2.21. The Hall–Kier alpha value is -0.220. The Balaban J connectivity index is 2.85. The smallest absolute Gasteiger partial charge is 0.218 e. The monoisotopic (exact) mass is 287 g/mol. The molecule has 0 saturated carbocycles. The fourth-order valence-electron chi connectivity index (χ4n) is 1.80. The summed E-state index contributed by atoms with van der Waals surface area (Å²) >= 11 is 0. The molecule has 0 aromatic rings. The highest BCUT2D eigenvalue weighted by Crippen LogP contribution is 2.21. The van der Waals surface area contributed by atoms with E-state index in [-0.39, 0.29) is 44.2 Å². The Morgan fingerprint density at radius 2 is 1.71 bits per heavy atom. The van der Waals surface area contributed by atoms with Crippen LogP contribution in [0.2, 0.25) is 0 Å². The lowest BCUT2D eigenvalue weighted by molar-refractivity contribution is 0.216.